The molecule has 1 atom stereocenters. The zero-order valence-electron chi connectivity index (χ0n) is 12.2. The molecule has 0 amide bonds. The van der Waals surface area contributed by atoms with Gasteiger partial charge in [0, 0.05) is 6.54 Å². The van der Waals surface area contributed by atoms with Crippen molar-refractivity contribution < 1.29 is 4.52 Å². The highest BCUT2D eigenvalue weighted by Crippen LogP contribution is 2.26. The molecule has 0 aliphatic carbocycles. The smallest absolute Gasteiger partial charge is 0.271 e. The number of nitrogens with two attached hydrogens (primary N) is 1. The summed E-state index contributed by atoms with van der Waals surface area (Å²) in [6.07, 6.45) is 4.37. The van der Waals surface area contributed by atoms with Crippen LogP contribution < -0.4 is 5.73 Å². The van der Waals surface area contributed by atoms with Crippen molar-refractivity contribution in [2.24, 2.45) is 5.73 Å². The Balaban J connectivity index is 1.71. The molecule has 21 heavy (non-hydrogen) atoms. The van der Waals surface area contributed by atoms with Gasteiger partial charge < -0.3 is 15.2 Å². The average Bonchev–Trinajstić information content (AvgIpc) is 3.19. The number of rotatable bonds is 6. The molecule has 0 saturated carbocycles. The van der Waals surface area contributed by atoms with Gasteiger partial charge in [0.15, 0.2) is 5.82 Å². The summed E-state index contributed by atoms with van der Waals surface area (Å²) in [5.41, 5.74) is 7.11. The molecule has 2 aromatic heterocycles. The molecule has 0 spiro atoms. The highest BCUT2D eigenvalue weighted by atomic mass is 32.1. The van der Waals surface area contributed by atoms with E-state index in [-0.39, 0.29) is 6.04 Å². The summed E-state index contributed by atoms with van der Waals surface area (Å²) >= 11 is 1.29. The predicted octanol–water partition coefficient (Wildman–Crippen LogP) is 1.64. The van der Waals surface area contributed by atoms with Crippen molar-refractivity contribution in [2.45, 2.75) is 38.6 Å². The van der Waals surface area contributed by atoms with Crippen molar-refractivity contribution in [2.75, 3.05) is 19.6 Å². The van der Waals surface area contributed by atoms with Crippen molar-refractivity contribution in [1.82, 2.24) is 24.6 Å². The Morgan fingerprint density at radius 3 is 2.95 bits per heavy atom. The molecule has 0 aromatic carbocycles. The highest BCUT2D eigenvalue weighted by Gasteiger charge is 2.22. The lowest BCUT2D eigenvalue weighted by molar-refractivity contribution is 0.306. The monoisotopic (exact) mass is 308 g/mol. The number of hydrogen-bond acceptors (Lipinski definition) is 8. The van der Waals surface area contributed by atoms with E-state index >= 15 is 0 Å². The Labute approximate surface area is 127 Å². The zero-order valence-corrected chi connectivity index (χ0v) is 13.0. The minimum atomic E-state index is -0.212. The summed E-state index contributed by atoms with van der Waals surface area (Å²) < 4.78 is 9.33. The van der Waals surface area contributed by atoms with E-state index in [1.807, 2.05) is 0 Å². The van der Waals surface area contributed by atoms with Crippen LogP contribution in [0.1, 0.15) is 43.7 Å². The standard InChI is InChI=1S/C13H20N6OS/c1-2-5-10-11(21-18-16-10)13-15-12(17-20-13)9(14)8-19-6-3-4-7-19/h9H,2-8,14H2,1H3. The van der Waals surface area contributed by atoms with E-state index in [0.717, 1.165) is 43.0 Å². The van der Waals surface area contributed by atoms with E-state index in [1.54, 1.807) is 0 Å². The maximum atomic E-state index is 6.18. The Bertz CT molecular complexity index is 577. The third-order valence-electron chi connectivity index (χ3n) is 3.66. The molecule has 1 fully saturated rings. The van der Waals surface area contributed by atoms with Crippen molar-refractivity contribution in [3.8, 4) is 10.8 Å². The molecule has 2 aromatic rings. The first-order valence-electron chi connectivity index (χ1n) is 7.41. The molecule has 0 radical (unpaired) electrons. The van der Waals surface area contributed by atoms with E-state index in [4.69, 9.17) is 10.3 Å². The van der Waals surface area contributed by atoms with Crippen LogP contribution in [0.3, 0.4) is 0 Å². The van der Waals surface area contributed by atoms with Crippen LogP contribution in [-0.2, 0) is 6.42 Å². The van der Waals surface area contributed by atoms with Gasteiger partial charge in [0.25, 0.3) is 5.89 Å². The van der Waals surface area contributed by atoms with Crippen LogP contribution in [0.2, 0.25) is 0 Å². The van der Waals surface area contributed by atoms with Gasteiger partial charge in [0.2, 0.25) is 0 Å². The molecule has 3 heterocycles. The Morgan fingerprint density at radius 1 is 1.38 bits per heavy atom. The molecule has 1 unspecified atom stereocenters. The van der Waals surface area contributed by atoms with Gasteiger partial charge in [-0.3, -0.25) is 0 Å². The van der Waals surface area contributed by atoms with Gasteiger partial charge in [-0.25, -0.2) is 0 Å². The molecule has 0 bridgehead atoms. The SMILES string of the molecule is CCCc1nnsc1-c1nc(C(N)CN2CCCC2)no1. The second-order valence-electron chi connectivity index (χ2n) is 5.37. The fourth-order valence-electron chi connectivity index (χ4n) is 2.57. The van der Waals surface area contributed by atoms with E-state index in [9.17, 15) is 0 Å². The molecule has 7 nitrogen and oxygen atoms in total. The number of aromatic nitrogens is 4. The average molecular weight is 308 g/mol. The maximum absolute atomic E-state index is 6.18. The number of aryl methyl sites for hydroxylation is 1. The van der Waals surface area contributed by atoms with Crippen molar-refractivity contribution in [3.05, 3.63) is 11.5 Å². The second-order valence-corrected chi connectivity index (χ2v) is 6.12. The minimum absolute atomic E-state index is 0.212. The van der Waals surface area contributed by atoms with Gasteiger partial charge in [-0.1, -0.05) is 23.0 Å². The maximum Gasteiger partial charge on any atom is 0.271 e. The lowest BCUT2D eigenvalue weighted by atomic mass is 10.2. The van der Waals surface area contributed by atoms with Crippen LogP contribution in [0.5, 0.6) is 0 Å². The molecule has 2 N–H and O–H groups in total. The third kappa shape index (κ3) is 3.28. The highest BCUT2D eigenvalue weighted by molar-refractivity contribution is 7.09. The summed E-state index contributed by atoms with van der Waals surface area (Å²) in [4.78, 5) is 7.65. The topological polar surface area (TPSA) is 94.0 Å². The van der Waals surface area contributed by atoms with Gasteiger partial charge >= 0.3 is 0 Å². The van der Waals surface area contributed by atoms with E-state index < -0.39 is 0 Å². The van der Waals surface area contributed by atoms with E-state index in [1.165, 1.54) is 24.4 Å². The molecule has 8 heteroatoms. The summed E-state index contributed by atoms with van der Waals surface area (Å²) in [5.74, 6) is 1.05. The van der Waals surface area contributed by atoms with Crippen LogP contribution in [-0.4, -0.2) is 44.3 Å². The number of likely N-dealkylation sites (tertiary alicyclic amines) is 1. The van der Waals surface area contributed by atoms with Crippen LogP contribution in [0.4, 0.5) is 0 Å². The summed E-state index contributed by atoms with van der Waals surface area (Å²) in [5, 5.41) is 8.15. The minimum Gasteiger partial charge on any atom is -0.333 e. The second kappa shape index (κ2) is 6.59. The number of nitrogens with zero attached hydrogens (tertiary/aromatic N) is 5. The van der Waals surface area contributed by atoms with Crippen molar-refractivity contribution >= 4 is 11.5 Å². The predicted molar refractivity (Wildman–Crippen MR) is 79.8 cm³/mol. The van der Waals surface area contributed by atoms with Crippen LogP contribution in [0.25, 0.3) is 10.8 Å². The third-order valence-corrected chi connectivity index (χ3v) is 4.42. The van der Waals surface area contributed by atoms with Crippen LogP contribution in [0.15, 0.2) is 4.52 Å². The lowest BCUT2D eigenvalue weighted by Gasteiger charge is -2.17. The molecular formula is C13H20N6OS. The fourth-order valence-corrected chi connectivity index (χ4v) is 3.20. The van der Waals surface area contributed by atoms with Gasteiger partial charge in [0.05, 0.1) is 11.7 Å². The van der Waals surface area contributed by atoms with Gasteiger partial charge in [-0.2, -0.15) is 4.98 Å². The largest absolute Gasteiger partial charge is 0.333 e. The quantitative estimate of drug-likeness (QED) is 0.866. The Hall–Kier alpha value is -1.38. The first kappa shape index (κ1) is 14.6. The summed E-state index contributed by atoms with van der Waals surface area (Å²) in [6.45, 7) is 5.10. The van der Waals surface area contributed by atoms with Crippen molar-refractivity contribution in [1.29, 1.82) is 0 Å². The van der Waals surface area contributed by atoms with E-state index in [0.29, 0.717) is 11.7 Å². The molecule has 114 valence electrons. The molecule has 1 aliphatic rings. The Kier molecular flexibility index (Phi) is 4.57. The van der Waals surface area contributed by atoms with E-state index in [2.05, 4.69) is 31.6 Å². The first-order chi connectivity index (χ1) is 10.3. The molecule has 3 rings (SSSR count). The van der Waals surface area contributed by atoms with Crippen molar-refractivity contribution in [3.63, 3.8) is 0 Å². The number of hydrogen-bond donors (Lipinski definition) is 1. The zero-order chi connectivity index (χ0) is 14.7. The molecule has 1 saturated heterocycles. The van der Waals surface area contributed by atoms with Crippen LogP contribution in [0, 0.1) is 0 Å². The fraction of sp³-hybridized carbons (Fsp3) is 0.692. The molecular weight excluding hydrogens is 288 g/mol. The van der Waals surface area contributed by atoms with Gasteiger partial charge in [-0.15, -0.1) is 5.10 Å². The first-order valence-corrected chi connectivity index (χ1v) is 8.18. The lowest BCUT2D eigenvalue weighted by Crippen LogP contribution is -2.30. The van der Waals surface area contributed by atoms with Gasteiger partial charge in [0.1, 0.15) is 4.88 Å². The summed E-state index contributed by atoms with van der Waals surface area (Å²) in [7, 11) is 0. The van der Waals surface area contributed by atoms with Crippen LogP contribution >= 0.6 is 11.5 Å². The van der Waals surface area contributed by atoms with Gasteiger partial charge in [-0.05, 0) is 43.9 Å². The molecule has 1 aliphatic heterocycles. The summed E-state index contributed by atoms with van der Waals surface area (Å²) in [6, 6.07) is -0.212. The normalized spacial score (nSPS) is 17.4. The Morgan fingerprint density at radius 2 is 2.19 bits per heavy atom.